The quantitative estimate of drug-likeness (QED) is 0.258. The molecule has 0 aromatic carbocycles. The molecule has 13 nitrogen and oxygen atoms in total. The highest BCUT2D eigenvalue weighted by molar-refractivity contribution is 5.74. The average molecular weight is 366 g/mol. The zero-order chi connectivity index (χ0) is 18.9. The second-order valence-corrected chi connectivity index (χ2v) is 3.83. The van der Waals surface area contributed by atoms with Crippen LogP contribution in [0.15, 0.2) is 0 Å². The van der Waals surface area contributed by atoms with Crippen LogP contribution in [0, 0.1) is 0 Å². The minimum atomic E-state index is -0.891. The van der Waals surface area contributed by atoms with Crippen LogP contribution in [0.5, 0.6) is 0 Å². The summed E-state index contributed by atoms with van der Waals surface area (Å²) in [5.41, 5.74) is 7.82. The number of nitrogens with one attached hydrogen (secondary N) is 4. The van der Waals surface area contributed by atoms with Gasteiger partial charge in [-0.3, -0.25) is 0 Å². The van der Waals surface area contributed by atoms with Gasteiger partial charge < -0.3 is 23.7 Å². The maximum Gasteiger partial charge on any atom is 0.426 e. The molecule has 0 atom stereocenters. The van der Waals surface area contributed by atoms with Gasteiger partial charge in [0.05, 0.1) is 26.4 Å². The fraction of sp³-hybridized carbons (Fsp3) is 0.667. The van der Waals surface area contributed by atoms with Crippen molar-refractivity contribution in [1.82, 2.24) is 21.7 Å². The Morgan fingerprint density at radius 3 is 1.20 bits per heavy atom. The van der Waals surface area contributed by atoms with E-state index >= 15 is 0 Å². The molecule has 0 aliphatic rings. The van der Waals surface area contributed by atoms with Gasteiger partial charge in [0.1, 0.15) is 13.2 Å². The van der Waals surface area contributed by atoms with Gasteiger partial charge >= 0.3 is 24.4 Å². The number of amides is 4. The third-order valence-corrected chi connectivity index (χ3v) is 2.01. The van der Waals surface area contributed by atoms with Gasteiger partial charge in [-0.15, -0.1) is 0 Å². The van der Waals surface area contributed by atoms with Crippen LogP contribution in [-0.4, -0.2) is 64.0 Å². The summed E-state index contributed by atoms with van der Waals surface area (Å²) in [5.74, 6) is 0. The molecule has 25 heavy (non-hydrogen) atoms. The van der Waals surface area contributed by atoms with E-state index < -0.39 is 24.4 Å². The van der Waals surface area contributed by atoms with Crippen molar-refractivity contribution < 1.29 is 42.9 Å². The van der Waals surface area contributed by atoms with Gasteiger partial charge in [0, 0.05) is 0 Å². The summed E-state index contributed by atoms with van der Waals surface area (Å²) in [6.07, 6.45) is -3.42. The summed E-state index contributed by atoms with van der Waals surface area (Å²) in [6.45, 7) is 3.45. The van der Waals surface area contributed by atoms with Gasteiger partial charge in [-0.05, 0) is 13.8 Å². The van der Waals surface area contributed by atoms with Crippen molar-refractivity contribution in [3.8, 4) is 0 Å². The highest BCUT2D eigenvalue weighted by Gasteiger charge is 2.06. The third-order valence-electron chi connectivity index (χ3n) is 2.01. The molecule has 0 rings (SSSR count). The van der Waals surface area contributed by atoms with E-state index in [4.69, 9.17) is 4.74 Å². The SMILES string of the molecule is CCOC(=O)NNC(=O)OCCOCCOC(=O)NNC(=O)OCC. The van der Waals surface area contributed by atoms with Crippen LogP contribution in [0.4, 0.5) is 19.2 Å². The second kappa shape index (κ2) is 14.6. The molecule has 0 saturated heterocycles. The minimum Gasteiger partial charge on any atom is -0.449 e. The number of hydrogen-bond acceptors (Lipinski definition) is 9. The van der Waals surface area contributed by atoms with Crippen molar-refractivity contribution in [2.75, 3.05) is 39.6 Å². The molecular weight excluding hydrogens is 344 g/mol. The molecule has 0 fully saturated rings. The number of hydrazine groups is 2. The van der Waals surface area contributed by atoms with E-state index in [0.29, 0.717) is 0 Å². The van der Waals surface area contributed by atoms with Crippen molar-refractivity contribution in [1.29, 1.82) is 0 Å². The van der Waals surface area contributed by atoms with Crippen LogP contribution in [0.3, 0.4) is 0 Å². The maximum atomic E-state index is 11.1. The predicted molar refractivity (Wildman–Crippen MR) is 80.1 cm³/mol. The van der Waals surface area contributed by atoms with Crippen LogP contribution in [0.1, 0.15) is 13.8 Å². The molecule has 0 bridgehead atoms. The Bertz CT molecular complexity index is 395. The highest BCUT2D eigenvalue weighted by Crippen LogP contribution is 1.83. The fourth-order valence-corrected chi connectivity index (χ4v) is 1.10. The fourth-order valence-electron chi connectivity index (χ4n) is 1.10. The summed E-state index contributed by atoms with van der Waals surface area (Å²) in [6, 6.07) is 0. The first-order valence-corrected chi connectivity index (χ1v) is 7.28. The van der Waals surface area contributed by atoms with E-state index in [1.165, 1.54) is 0 Å². The Labute approximate surface area is 143 Å². The van der Waals surface area contributed by atoms with Crippen molar-refractivity contribution in [3.05, 3.63) is 0 Å². The lowest BCUT2D eigenvalue weighted by Gasteiger charge is -2.09. The van der Waals surface area contributed by atoms with Crippen molar-refractivity contribution in [2.24, 2.45) is 0 Å². The molecule has 0 unspecified atom stereocenters. The van der Waals surface area contributed by atoms with Crippen LogP contribution in [0.25, 0.3) is 0 Å². The molecule has 13 heteroatoms. The van der Waals surface area contributed by atoms with Crippen LogP contribution in [-0.2, 0) is 23.7 Å². The van der Waals surface area contributed by atoms with Crippen molar-refractivity contribution >= 4 is 24.4 Å². The number of carbonyl (C=O) groups excluding carboxylic acids is 4. The summed E-state index contributed by atoms with van der Waals surface area (Å²) in [7, 11) is 0. The largest absolute Gasteiger partial charge is 0.449 e. The zero-order valence-corrected chi connectivity index (χ0v) is 13.9. The second-order valence-electron chi connectivity index (χ2n) is 3.83. The predicted octanol–water partition coefficient (Wildman–Crippen LogP) is -0.222. The van der Waals surface area contributed by atoms with Crippen LogP contribution in [0.2, 0.25) is 0 Å². The number of carbonyl (C=O) groups is 4. The van der Waals surface area contributed by atoms with Gasteiger partial charge in [-0.25, -0.2) is 40.9 Å². The number of hydrogen-bond donors (Lipinski definition) is 4. The Hall–Kier alpha value is -2.96. The van der Waals surface area contributed by atoms with Crippen LogP contribution >= 0.6 is 0 Å². The van der Waals surface area contributed by atoms with Gasteiger partial charge in [0.15, 0.2) is 0 Å². The van der Waals surface area contributed by atoms with Gasteiger partial charge in [-0.1, -0.05) is 0 Å². The third kappa shape index (κ3) is 14.4. The monoisotopic (exact) mass is 366 g/mol. The van der Waals surface area contributed by atoms with Gasteiger partial charge in [0.25, 0.3) is 0 Å². The van der Waals surface area contributed by atoms with Crippen LogP contribution < -0.4 is 21.7 Å². The lowest BCUT2D eigenvalue weighted by molar-refractivity contribution is 0.0437. The molecule has 0 aromatic rings. The first-order chi connectivity index (χ1) is 12.0. The summed E-state index contributed by atoms with van der Waals surface area (Å²) < 4.78 is 23.4. The number of ether oxygens (including phenoxy) is 5. The minimum absolute atomic E-state index is 0.0406. The van der Waals surface area contributed by atoms with E-state index in [-0.39, 0.29) is 39.6 Å². The average Bonchev–Trinajstić information content (AvgIpc) is 2.58. The first kappa shape index (κ1) is 22.0. The molecule has 144 valence electrons. The van der Waals surface area contributed by atoms with E-state index in [2.05, 4.69) is 18.9 Å². The number of rotatable bonds is 8. The normalized spacial score (nSPS) is 9.36. The lowest BCUT2D eigenvalue weighted by atomic mass is 10.7. The molecular formula is C12H22N4O9. The Kier molecular flexibility index (Phi) is 12.9. The molecule has 0 spiro atoms. The molecule has 0 aromatic heterocycles. The van der Waals surface area contributed by atoms with E-state index in [1.54, 1.807) is 13.8 Å². The molecule has 0 heterocycles. The van der Waals surface area contributed by atoms with Gasteiger partial charge in [0.2, 0.25) is 0 Å². The molecule has 4 amide bonds. The Morgan fingerprint density at radius 1 is 0.560 bits per heavy atom. The summed E-state index contributed by atoms with van der Waals surface area (Å²) in [4.78, 5) is 44.0. The lowest BCUT2D eigenvalue weighted by Crippen LogP contribution is -2.42. The Morgan fingerprint density at radius 2 is 0.880 bits per heavy atom. The topological polar surface area (TPSA) is 163 Å². The maximum absolute atomic E-state index is 11.1. The van der Waals surface area contributed by atoms with Crippen molar-refractivity contribution in [2.45, 2.75) is 13.8 Å². The first-order valence-electron chi connectivity index (χ1n) is 7.28. The summed E-state index contributed by atoms with van der Waals surface area (Å²) in [5, 5.41) is 0. The summed E-state index contributed by atoms with van der Waals surface area (Å²) >= 11 is 0. The smallest absolute Gasteiger partial charge is 0.426 e. The van der Waals surface area contributed by atoms with E-state index in [1.807, 2.05) is 21.7 Å². The van der Waals surface area contributed by atoms with Crippen molar-refractivity contribution in [3.63, 3.8) is 0 Å². The van der Waals surface area contributed by atoms with E-state index in [9.17, 15) is 19.2 Å². The molecule has 0 radical (unpaired) electrons. The highest BCUT2D eigenvalue weighted by atomic mass is 16.6. The molecule has 4 N–H and O–H groups in total. The zero-order valence-electron chi connectivity index (χ0n) is 13.9. The molecule has 0 aliphatic carbocycles. The molecule has 0 aliphatic heterocycles. The standard InChI is InChI=1S/C12H22N4O9/c1-3-22-9(17)13-15-11(19)24-7-5-21-6-8-25-12(20)16-14-10(18)23-4-2/h3-8H2,1-2H3,(H,13,17)(H,14,18)(H,15,19)(H,16,20). The molecule has 0 saturated carbocycles. The van der Waals surface area contributed by atoms with Gasteiger partial charge in [-0.2, -0.15) is 0 Å². The van der Waals surface area contributed by atoms with E-state index in [0.717, 1.165) is 0 Å². The Balaban J connectivity index is 3.46.